The first-order chi connectivity index (χ1) is 13.8. The average molecular weight is 414 g/mol. The van der Waals surface area contributed by atoms with Crippen LogP contribution in [0.15, 0.2) is 36.5 Å². The van der Waals surface area contributed by atoms with Gasteiger partial charge in [0.05, 0.1) is 17.5 Å². The third kappa shape index (κ3) is 4.95. The molecule has 6 nitrogen and oxygen atoms in total. The number of fused-ring (bicyclic) bond motifs is 1. The minimum Gasteiger partial charge on any atom is -0.333 e. The summed E-state index contributed by atoms with van der Waals surface area (Å²) in [6.07, 6.45) is 1.78. The van der Waals surface area contributed by atoms with E-state index in [9.17, 15) is 4.79 Å². The Balaban J connectivity index is 1.93. The molecule has 29 heavy (non-hydrogen) atoms. The summed E-state index contributed by atoms with van der Waals surface area (Å²) in [6, 6.07) is 9.74. The summed E-state index contributed by atoms with van der Waals surface area (Å²) in [4.78, 5) is 22.1. The first-order valence-corrected chi connectivity index (χ1v) is 10.2. The number of halogens is 1. The molecule has 0 unspecified atom stereocenters. The van der Waals surface area contributed by atoms with Crippen LogP contribution < -0.4 is 0 Å². The van der Waals surface area contributed by atoms with Crippen molar-refractivity contribution in [1.29, 1.82) is 0 Å². The minimum absolute atomic E-state index is 0.0222. The fourth-order valence-corrected chi connectivity index (χ4v) is 3.34. The monoisotopic (exact) mass is 413 g/mol. The van der Waals surface area contributed by atoms with Gasteiger partial charge in [0, 0.05) is 36.1 Å². The molecule has 2 aromatic heterocycles. The van der Waals surface area contributed by atoms with Crippen molar-refractivity contribution in [2.45, 2.75) is 33.4 Å². The van der Waals surface area contributed by atoms with Crippen molar-refractivity contribution in [3.05, 3.63) is 58.4 Å². The maximum absolute atomic E-state index is 13.4. The molecule has 0 saturated heterocycles. The molecule has 0 aliphatic rings. The van der Waals surface area contributed by atoms with Crippen molar-refractivity contribution in [2.24, 2.45) is 0 Å². The normalized spacial score (nSPS) is 11.6. The van der Waals surface area contributed by atoms with Crippen LogP contribution in [0, 0.1) is 6.92 Å². The summed E-state index contributed by atoms with van der Waals surface area (Å²) in [5, 5.41) is 6.00. The number of pyridine rings is 1. The largest absolute Gasteiger partial charge is 0.333 e. The van der Waals surface area contributed by atoms with Crippen molar-refractivity contribution in [1.82, 2.24) is 24.6 Å². The van der Waals surface area contributed by atoms with E-state index in [-0.39, 0.29) is 11.9 Å². The van der Waals surface area contributed by atoms with E-state index in [1.165, 1.54) is 0 Å². The van der Waals surface area contributed by atoms with Crippen molar-refractivity contribution in [3.8, 4) is 0 Å². The highest BCUT2D eigenvalue weighted by Gasteiger charge is 2.21. The number of rotatable bonds is 7. The zero-order chi connectivity index (χ0) is 21.1. The molecular formula is C22H28ClN5O. The molecule has 2 heterocycles. The molecule has 7 heteroatoms. The van der Waals surface area contributed by atoms with E-state index in [1.54, 1.807) is 6.20 Å². The Morgan fingerprint density at radius 3 is 2.48 bits per heavy atom. The second kappa shape index (κ2) is 8.93. The van der Waals surface area contributed by atoms with E-state index in [0.29, 0.717) is 23.7 Å². The molecule has 3 aromatic rings. The molecule has 0 bridgehead atoms. The zero-order valence-electron chi connectivity index (χ0n) is 17.7. The summed E-state index contributed by atoms with van der Waals surface area (Å²) < 4.78 is 1.88. The first kappa shape index (κ1) is 21.3. The average Bonchev–Trinajstić information content (AvgIpc) is 3.08. The number of amides is 1. The van der Waals surface area contributed by atoms with Crippen LogP contribution in [0.1, 0.15) is 41.5 Å². The van der Waals surface area contributed by atoms with Gasteiger partial charge in [-0.25, -0.2) is 9.67 Å². The van der Waals surface area contributed by atoms with Crippen LogP contribution >= 0.6 is 11.6 Å². The predicted molar refractivity (Wildman–Crippen MR) is 117 cm³/mol. The smallest absolute Gasteiger partial charge is 0.256 e. The van der Waals surface area contributed by atoms with Gasteiger partial charge in [-0.15, -0.1) is 0 Å². The maximum atomic E-state index is 13.4. The van der Waals surface area contributed by atoms with Crippen molar-refractivity contribution >= 4 is 28.5 Å². The minimum atomic E-state index is -0.0222. The van der Waals surface area contributed by atoms with Gasteiger partial charge < -0.3 is 9.80 Å². The summed E-state index contributed by atoms with van der Waals surface area (Å²) in [5.74, 6) is -0.0222. The Bertz CT molecular complexity index is 994. The zero-order valence-corrected chi connectivity index (χ0v) is 18.4. The first-order valence-electron chi connectivity index (χ1n) is 9.79. The quantitative estimate of drug-likeness (QED) is 0.583. The highest BCUT2D eigenvalue weighted by molar-refractivity contribution is 6.30. The number of nitrogens with zero attached hydrogens (tertiary/aromatic N) is 5. The van der Waals surface area contributed by atoms with Crippen molar-refractivity contribution in [3.63, 3.8) is 0 Å². The number of carbonyl (C=O) groups is 1. The van der Waals surface area contributed by atoms with Gasteiger partial charge in [0.2, 0.25) is 0 Å². The van der Waals surface area contributed by atoms with Gasteiger partial charge in [-0.3, -0.25) is 4.79 Å². The number of hydrogen-bond donors (Lipinski definition) is 0. The lowest BCUT2D eigenvalue weighted by Crippen LogP contribution is -2.36. The van der Waals surface area contributed by atoms with E-state index >= 15 is 0 Å². The molecule has 0 fully saturated rings. The van der Waals surface area contributed by atoms with Crippen molar-refractivity contribution in [2.75, 3.05) is 27.2 Å². The number of aromatic nitrogens is 3. The van der Waals surface area contributed by atoms with E-state index in [0.717, 1.165) is 28.8 Å². The Labute approximate surface area is 177 Å². The number of benzene rings is 1. The molecule has 0 radical (unpaired) electrons. The number of aryl methyl sites for hydroxylation is 1. The fourth-order valence-electron chi connectivity index (χ4n) is 3.21. The summed E-state index contributed by atoms with van der Waals surface area (Å²) in [6.45, 7) is 7.94. The SMILES string of the molecule is Cc1nc2c(cnn2C(C)C)cc1C(=O)N(CCN(C)C)Cc1ccc(Cl)cc1. The molecule has 1 aromatic carbocycles. The van der Waals surface area contributed by atoms with E-state index in [1.807, 2.05) is 60.9 Å². The van der Waals surface area contributed by atoms with Crippen LogP contribution in [0.5, 0.6) is 0 Å². The van der Waals surface area contributed by atoms with E-state index < -0.39 is 0 Å². The van der Waals surface area contributed by atoms with Crippen LogP contribution in [-0.4, -0.2) is 57.7 Å². The van der Waals surface area contributed by atoms with Crippen LogP contribution in [0.2, 0.25) is 5.02 Å². The molecule has 0 atom stereocenters. The summed E-state index contributed by atoms with van der Waals surface area (Å²) in [7, 11) is 4.01. The van der Waals surface area contributed by atoms with Gasteiger partial charge in [-0.2, -0.15) is 5.10 Å². The predicted octanol–water partition coefficient (Wildman–Crippen LogP) is 4.18. The fraction of sp³-hybridized carbons (Fsp3) is 0.409. The number of carbonyl (C=O) groups excluding carboxylic acids is 1. The van der Waals surface area contributed by atoms with Crippen LogP contribution in [0.25, 0.3) is 11.0 Å². The second-order valence-electron chi connectivity index (χ2n) is 7.87. The number of likely N-dealkylation sites (N-methyl/N-ethyl adjacent to an activating group) is 1. The summed E-state index contributed by atoms with van der Waals surface area (Å²) in [5.41, 5.74) is 3.19. The summed E-state index contributed by atoms with van der Waals surface area (Å²) >= 11 is 6.01. The Hall–Kier alpha value is -2.44. The molecule has 0 N–H and O–H groups in total. The third-order valence-electron chi connectivity index (χ3n) is 4.87. The Morgan fingerprint density at radius 1 is 1.17 bits per heavy atom. The molecule has 1 amide bonds. The lowest BCUT2D eigenvalue weighted by Gasteiger charge is -2.25. The van der Waals surface area contributed by atoms with Gasteiger partial charge in [0.1, 0.15) is 0 Å². The molecule has 0 aliphatic heterocycles. The number of hydrogen-bond acceptors (Lipinski definition) is 4. The van der Waals surface area contributed by atoms with Crippen LogP contribution in [-0.2, 0) is 6.54 Å². The molecule has 3 rings (SSSR count). The van der Waals surface area contributed by atoms with Gasteiger partial charge in [0.25, 0.3) is 5.91 Å². The van der Waals surface area contributed by atoms with E-state index in [2.05, 4.69) is 23.8 Å². The van der Waals surface area contributed by atoms with Gasteiger partial charge in [0.15, 0.2) is 5.65 Å². The van der Waals surface area contributed by atoms with Crippen molar-refractivity contribution < 1.29 is 4.79 Å². The van der Waals surface area contributed by atoms with Gasteiger partial charge in [-0.05, 0) is 58.6 Å². The topological polar surface area (TPSA) is 54.3 Å². The van der Waals surface area contributed by atoms with Crippen LogP contribution in [0.4, 0.5) is 0 Å². The third-order valence-corrected chi connectivity index (χ3v) is 5.12. The van der Waals surface area contributed by atoms with Gasteiger partial charge in [-0.1, -0.05) is 23.7 Å². The second-order valence-corrected chi connectivity index (χ2v) is 8.31. The van der Waals surface area contributed by atoms with E-state index in [4.69, 9.17) is 16.6 Å². The highest BCUT2D eigenvalue weighted by Crippen LogP contribution is 2.21. The molecule has 0 aliphatic carbocycles. The molecule has 0 saturated carbocycles. The maximum Gasteiger partial charge on any atom is 0.256 e. The molecule has 154 valence electrons. The van der Waals surface area contributed by atoms with Gasteiger partial charge >= 0.3 is 0 Å². The highest BCUT2D eigenvalue weighted by atomic mass is 35.5. The lowest BCUT2D eigenvalue weighted by atomic mass is 10.1. The Kier molecular flexibility index (Phi) is 6.55. The molecular weight excluding hydrogens is 386 g/mol. The molecule has 0 spiro atoms. The van der Waals surface area contributed by atoms with Crippen LogP contribution in [0.3, 0.4) is 0 Å². The standard InChI is InChI=1S/C22H28ClN5O/c1-15(2)28-21-18(13-24-28)12-20(16(3)25-21)22(29)27(11-10-26(4)5)14-17-6-8-19(23)9-7-17/h6-9,12-13,15H,10-11,14H2,1-5H3. The Morgan fingerprint density at radius 2 is 1.86 bits per heavy atom. The lowest BCUT2D eigenvalue weighted by molar-refractivity contribution is 0.0731.